The Morgan fingerprint density at radius 3 is 2.71 bits per heavy atom. The van der Waals surface area contributed by atoms with Crippen molar-refractivity contribution in [2.45, 2.75) is 64.3 Å². The zero-order valence-corrected chi connectivity index (χ0v) is 14.7. The van der Waals surface area contributed by atoms with Crippen LogP contribution in [0.15, 0.2) is 0 Å². The maximum Gasteiger partial charge on any atom is 0.327 e. The molecule has 0 aliphatic carbocycles. The molecule has 0 aromatic heterocycles. The zero-order chi connectivity index (χ0) is 15.1. The molecular formula is C16H33NO3P+. The van der Waals surface area contributed by atoms with Crippen molar-refractivity contribution in [3.8, 4) is 0 Å². The third-order valence-corrected chi connectivity index (χ3v) is 6.30. The van der Waals surface area contributed by atoms with Gasteiger partial charge in [-0.05, 0) is 38.5 Å². The minimum Gasteiger partial charge on any atom is -0.332 e. The van der Waals surface area contributed by atoms with Gasteiger partial charge in [0.05, 0.1) is 32.3 Å². The Morgan fingerprint density at radius 2 is 1.90 bits per heavy atom. The second-order valence-corrected chi connectivity index (χ2v) is 8.83. The molecule has 0 amide bonds. The van der Waals surface area contributed by atoms with Crippen LogP contribution in [0.2, 0.25) is 0 Å². The van der Waals surface area contributed by atoms with Crippen molar-refractivity contribution < 1.29 is 18.5 Å². The maximum atomic E-state index is 12.3. The number of unbranched alkanes of at least 4 members (excludes halogenated alkanes) is 2. The van der Waals surface area contributed by atoms with Crippen molar-refractivity contribution in [1.82, 2.24) is 0 Å². The molecule has 0 radical (unpaired) electrons. The number of quaternary nitrogens is 1. The van der Waals surface area contributed by atoms with Crippen molar-refractivity contribution >= 4 is 7.60 Å². The van der Waals surface area contributed by atoms with Crippen LogP contribution in [0, 0.1) is 5.92 Å². The molecule has 2 rings (SSSR count). The Bertz CT molecular complexity index is 348. The summed E-state index contributed by atoms with van der Waals surface area (Å²) < 4.78 is 23.5. The van der Waals surface area contributed by atoms with Gasteiger partial charge in [-0.1, -0.05) is 19.8 Å². The Labute approximate surface area is 130 Å². The van der Waals surface area contributed by atoms with Crippen molar-refractivity contribution in [2.24, 2.45) is 5.92 Å². The van der Waals surface area contributed by atoms with Crippen molar-refractivity contribution in [3.05, 3.63) is 0 Å². The number of hydrogen-bond donors (Lipinski definition) is 1. The second-order valence-electron chi connectivity index (χ2n) is 6.77. The highest BCUT2D eigenvalue weighted by molar-refractivity contribution is 7.52. The predicted octanol–water partition coefficient (Wildman–Crippen LogP) is 2.88. The quantitative estimate of drug-likeness (QED) is 0.552. The van der Waals surface area contributed by atoms with Gasteiger partial charge in [0.2, 0.25) is 0 Å². The van der Waals surface area contributed by atoms with Gasteiger partial charge in [0.15, 0.2) is 0 Å². The molecule has 0 aromatic rings. The van der Waals surface area contributed by atoms with E-state index >= 15 is 0 Å². The van der Waals surface area contributed by atoms with Gasteiger partial charge in [-0.2, -0.15) is 0 Å². The number of fused-ring (bicyclic) bond motifs is 1. The number of hydrogen-bond acceptors (Lipinski definition) is 3. The summed E-state index contributed by atoms with van der Waals surface area (Å²) in [6.45, 7) is 7.61. The lowest BCUT2D eigenvalue weighted by Gasteiger charge is -2.41. The summed E-state index contributed by atoms with van der Waals surface area (Å²) in [6, 6.07) is 0.729. The standard InChI is InChI=1S/C16H32NO3P/c1-3-4-7-13-19-21(2,18)20-14-15-9-8-12-17-11-6-5-10-16(15)17/h15-16H,3-14H2,1-2H3/p+1/t15-,16+,21-/m0/s1. The first kappa shape index (κ1) is 17.5. The van der Waals surface area contributed by atoms with E-state index in [-0.39, 0.29) is 0 Å². The van der Waals surface area contributed by atoms with E-state index in [2.05, 4.69) is 6.92 Å². The zero-order valence-electron chi connectivity index (χ0n) is 13.8. The van der Waals surface area contributed by atoms with Crippen LogP contribution in [0.5, 0.6) is 0 Å². The van der Waals surface area contributed by atoms with Gasteiger partial charge >= 0.3 is 7.60 Å². The Balaban J connectivity index is 1.74. The molecule has 5 heteroatoms. The summed E-state index contributed by atoms with van der Waals surface area (Å²) in [4.78, 5) is 1.76. The molecule has 1 N–H and O–H groups in total. The molecule has 124 valence electrons. The van der Waals surface area contributed by atoms with E-state index < -0.39 is 7.60 Å². The first-order valence-electron chi connectivity index (χ1n) is 8.83. The molecule has 0 bridgehead atoms. The minimum atomic E-state index is -2.86. The summed E-state index contributed by atoms with van der Waals surface area (Å²) in [7, 11) is -2.86. The molecule has 2 aliphatic heterocycles. The second kappa shape index (κ2) is 8.67. The summed E-state index contributed by atoms with van der Waals surface area (Å²) in [5.41, 5.74) is 0. The van der Waals surface area contributed by atoms with Crippen molar-refractivity contribution in [1.29, 1.82) is 0 Å². The molecule has 2 fully saturated rings. The number of piperidine rings is 2. The van der Waals surface area contributed by atoms with Gasteiger partial charge in [-0.25, -0.2) is 0 Å². The third-order valence-electron chi connectivity index (χ3n) is 5.03. The fourth-order valence-electron chi connectivity index (χ4n) is 3.83. The van der Waals surface area contributed by atoms with E-state index in [1.165, 1.54) is 45.2 Å². The topological polar surface area (TPSA) is 40.0 Å². The fourth-order valence-corrected chi connectivity index (χ4v) is 4.83. The molecule has 21 heavy (non-hydrogen) atoms. The van der Waals surface area contributed by atoms with Gasteiger partial charge in [0.25, 0.3) is 0 Å². The fraction of sp³-hybridized carbons (Fsp3) is 1.00. The highest BCUT2D eigenvalue weighted by Crippen LogP contribution is 2.45. The molecule has 2 saturated heterocycles. The van der Waals surface area contributed by atoms with Gasteiger partial charge in [0, 0.05) is 12.6 Å². The van der Waals surface area contributed by atoms with E-state index in [0.29, 0.717) is 19.1 Å². The van der Waals surface area contributed by atoms with E-state index in [0.717, 1.165) is 25.3 Å². The summed E-state index contributed by atoms with van der Waals surface area (Å²) >= 11 is 0. The molecule has 2 aliphatic rings. The molecule has 4 nitrogen and oxygen atoms in total. The summed E-state index contributed by atoms with van der Waals surface area (Å²) in [6.07, 6.45) is 9.80. The molecular weight excluding hydrogens is 285 g/mol. The van der Waals surface area contributed by atoms with E-state index in [1.807, 2.05) is 0 Å². The molecule has 1 unspecified atom stereocenters. The van der Waals surface area contributed by atoms with E-state index in [9.17, 15) is 4.57 Å². The predicted molar refractivity (Wildman–Crippen MR) is 86.0 cm³/mol. The van der Waals surface area contributed by atoms with Crippen LogP contribution in [0.25, 0.3) is 0 Å². The van der Waals surface area contributed by atoms with Gasteiger partial charge in [0.1, 0.15) is 0 Å². The SMILES string of the molecule is CCCCCO[P@](C)(=O)OC[C@@H]1CCC[NH+]2CCCC[C@H]12. The third kappa shape index (κ3) is 5.67. The largest absolute Gasteiger partial charge is 0.332 e. The van der Waals surface area contributed by atoms with Crippen LogP contribution in [-0.2, 0) is 13.6 Å². The van der Waals surface area contributed by atoms with Gasteiger partial charge < -0.3 is 13.9 Å². The lowest BCUT2D eigenvalue weighted by molar-refractivity contribution is -0.940. The molecule has 4 atom stereocenters. The van der Waals surface area contributed by atoms with Crippen molar-refractivity contribution in [2.75, 3.05) is 33.0 Å². The summed E-state index contributed by atoms with van der Waals surface area (Å²) in [5, 5.41) is 0. The lowest BCUT2D eigenvalue weighted by Crippen LogP contribution is -3.18. The van der Waals surface area contributed by atoms with Crippen LogP contribution in [0.4, 0.5) is 0 Å². The molecule has 0 saturated carbocycles. The van der Waals surface area contributed by atoms with Crippen LogP contribution in [0.3, 0.4) is 0 Å². The molecule has 2 heterocycles. The Kier molecular flexibility index (Phi) is 7.21. The summed E-state index contributed by atoms with van der Waals surface area (Å²) in [5.74, 6) is 0.571. The lowest BCUT2D eigenvalue weighted by atomic mass is 9.84. The maximum absolute atomic E-state index is 12.3. The Hall–Kier alpha value is 0.110. The van der Waals surface area contributed by atoms with Crippen LogP contribution < -0.4 is 4.90 Å². The molecule has 0 spiro atoms. The number of nitrogens with one attached hydrogen (secondary N) is 1. The van der Waals surface area contributed by atoms with Crippen LogP contribution >= 0.6 is 7.60 Å². The van der Waals surface area contributed by atoms with Gasteiger partial charge in [-0.15, -0.1) is 0 Å². The Morgan fingerprint density at radius 1 is 1.10 bits per heavy atom. The highest BCUT2D eigenvalue weighted by Gasteiger charge is 2.37. The average molecular weight is 318 g/mol. The van der Waals surface area contributed by atoms with Gasteiger partial charge in [-0.3, -0.25) is 4.57 Å². The normalized spacial score (nSPS) is 32.4. The smallest absolute Gasteiger partial charge is 0.327 e. The van der Waals surface area contributed by atoms with E-state index in [1.54, 1.807) is 11.6 Å². The van der Waals surface area contributed by atoms with Crippen LogP contribution in [0.1, 0.15) is 58.3 Å². The van der Waals surface area contributed by atoms with Crippen molar-refractivity contribution in [3.63, 3.8) is 0 Å². The number of rotatable bonds is 8. The first-order chi connectivity index (χ1) is 10.1. The monoisotopic (exact) mass is 318 g/mol. The average Bonchev–Trinajstić information content (AvgIpc) is 2.50. The van der Waals surface area contributed by atoms with Crippen LogP contribution in [-0.4, -0.2) is 39.0 Å². The first-order valence-corrected chi connectivity index (χ1v) is 10.8. The minimum absolute atomic E-state index is 0.563. The molecule has 0 aromatic carbocycles. The highest BCUT2D eigenvalue weighted by atomic mass is 31.2. The van der Waals surface area contributed by atoms with E-state index in [4.69, 9.17) is 9.05 Å².